The van der Waals surface area contributed by atoms with E-state index in [1.165, 1.54) is 0 Å². The molecule has 0 fully saturated rings. The van der Waals surface area contributed by atoms with Crippen molar-refractivity contribution in [1.29, 1.82) is 0 Å². The number of anilines is 2. The summed E-state index contributed by atoms with van der Waals surface area (Å²) in [5, 5.41) is 14.0. The molecule has 178 valence electrons. The highest BCUT2D eigenvalue weighted by molar-refractivity contribution is 6.06. The molecule has 5 N–H and O–H groups in total. The van der Waals surface area contributed by atoms with Crippen LogP contribution in [0.1, 0.15) is 20.8 Å². The van der Waals surface area contributed by atoms with Gasteiger partial charge < -0.3 is 31.3 Å². The van der Waals surface area contributed by atoms with Crippen molar-refractivity contribution in [3.63, 3.8) is 0 Å². The molecule has 2 aromatic rings. The van der Waals surface area contributed by atoms with E-state index in [4.69, 9.17) is 4.74 Å². The van der Waals surface area contributed by atoms with Crippen LogP contribution < -0.4 is 26.6 Å². The normalized spacial score (nSPS) is 10.8. The molecule has 2 aromatic carbocycles. The van der Waals surface area contributed by atoms with Crippen molar-refractivity contribution in [2.45, 2.75) is 32.4 Å². The van der Waals surface area contributed by atoms with Crippen molar-refractivity contribution >= 4 is 29.3 Å². The van der Waals surface area contributed by atoms with Gasteiger partial charge in [-0.2, -0.15) is 0 Å². The van der Waals surface area contributed by atoms with Gasteiger partial charge in [0.2, 0.25) is 0 Å². The van der Waals surface area contributed by atoms with E-state index in [0.29, 0.717) is 13.1 Å². The zero-order chi connectivity index (χ0) is 24.1. The number of rotatable bonds is 11. The summed E-state index contributed by atoms with van der Waals surface area (Å²) < 4.78 is 5.20. The van der Waals surface area contributed by atoms with Crippen molar-refractivity contribution in [2.24, 2.45) is 0 Å². The predicted molar refractivity (Wildman–Crippen MR) is 129 cm³/mol. The summed E-state index contributed by atoms with van der Waals surface area (Å²) in [4.78, 5) is 37.5. The Hall–Kier alpha value is -3.75. The maximum Gasteiger partial charge on any atom is 0.408 e. The fourth-order valence-electron chi connectivity index (χ4n) is 2.78. The smallest absolute Gasteiger partial charge is 0.408 e. The van der Waals surface area contributed by atoms with Gasteiger partial charge in [0, 0.05) is 37.6 Å². The van der Waals surface area contributed by atoms with Gasteiger partial charge in [0.05, 0.1) is 0 Å². The van der Waals surface area contributed by atoms with Crippen LogP contribution >= 0.6 is 0 Å². The third kappa shape index (κ3) is 10.4. The first kappa shape index (κ1) is 25.5. The molecule has 0 aliphatic heterocycles. The van der Waals surface area contributed by atoms with Crippen LogP contribution in [-0.2, 0) is 14.3 Å². The van der Waals surface area contributed by atoms with E-state index in [0.717, 1.165) is 11.4 Å². The van der Waals surface area contributed by atoms with Crippen LogP contribution in [0.3, 0.4) is 0 Å². The van der Waals surface area contributed by atoms with Crippen molar-refractivity contribution in [2.75, 3.05) is 36.8 Å². The van der Waals surface area contributed by atoms with Gasteiger partial charge in [0.25, 0.3) is 11.8 Å². The van der Waals surface area contributed by atoms with Crippen molar-refractivity contribution < 1.29 is 19.1 Å². The van der Waals surface area contributed by atoms with E-state index in [-0.39, 0.29) is 13.1 Å². The lowest BCUT2D eigenvalue weighted by Gasteiger charge is -2.23. The number of carbonyl (C=O) groups excluding carboxylic acids is 3. The number of hydrogen-bond acceptors (Lipinski definition) is 6. The maximum atomic E-state index is 12.7. The lowest BCUT2D eigenvalue weighted by molar-refractivity contribution is -0.132. The summed E-state index contributed by atoms with van der Waals surface area (Å²) in [5.74, 6) is -1.24. The topological polar surface area (TPSA) is 121 Å². The summed E-state index contributed by atoms with van der Waals surface area (Å²) in [6.07, 6.45) is -0.845. The molecule has 0 saturated carbocycles. The monoisotopic (exact) mass is 455 g/mol. The highest BCUT2D eigenvalue weighted by Crippen LogP contribution is 2.07. The van der Waals surface area contributed by atoms with Crippen molar-refractivity contribution in [3.05, 3.63) is 60.7 Å². The van der Waals surface area contributed by atoms with Crippen molar-refractivity contribution in [1.82, 2.24) is 16.0 Å². The summed E-state index contributed by atoms with van der Waals surface area (Å²) >= 11 is 0. The van der Waals surface area contributed by atoms with Gasteiger partial charge in [-0.15, -0.1) is 0 Å². The Morgan fingerprint density at radius 2 is 1.15 bits per heavy atom. The van der Waals surface area contributed by atoms with Gasteiger partial charge in [-0.05, 0) is 45.0 Å². The van der Waals surface area contributed by atoms with Crippen LogP contribution in [0.25, 0.3) is 0 Å². The fourth-order valence-corrected chi connectivity index (χ4v) is 2.78. The van der Waals surface area contributed by atoms with Gasteiger partial charge in [-0.25, -0.2) is 4.79 Å². The Labute approximate surface area is 194 Å². The molecule has 0 aliphatic carbocycles. The van der Waals surface area contributed by atoms with Crippen LogP contribution in [0.4, 0.5) is 16.2 Å². The molecule has 0 aliphatic rings. The Bertz CT molecular complexity index is 825. The number of para-hydroxylation sites is 2. The summed E-state index contributed by atoms with van der Waals surface area (Å²) in [6.45, 7) is 6.55. The fraction of sp³-hybridized carbons (Fsp3) is 0.375. The Morgan fingerprint density at radius 3 is 1.55 bits per heavy atom. The summed E-state index contributed by atoms with van der Waals surface area (Å²) in [7, 11) is 0. The molecule has 0 bridgehead atoms. The summed E-state index contributed by atoms with van der Waals surface area (Å²) in [6, 6.07) is 17.6. The van der Waals surface area contributed by atoms with Crippen LogP contribution in [-0.4, -0.2) is 55.7 Å². The Balaban J connectivity index is 1.86. The number of nitrogens with one attached hydrogen (secondary N) is 5. The van der Waals surface area contributed by atoms with E-state index < -0.39 is 29.6 Å². The molecule has 0 radical (unpaired) electrons. The van der Waals surface area contributed by atoms with Gasteiger partial charge in [0.15, 0.2) is 6.04 Å². The minimum Gasteiger partial charge on any atom is -0.444 e. The molecule has 9 heteroatoms. The molecule has 33 heavy (non-hydrogen) atoms. The van der Waals surface area contributed by atoms with Gasteiger partial charge in [0.1, 0.15) is 5.60 Å². The first-order valence-electron chi connectivity index (χ1n) is 10.9. The Morgan fingerprint density at radius 1 is 0.727 bits per heavy atom. The molecule has 0 atom stereocenters. The highest BCUT2D eigenvalue weighted by atomic mass is 16.6. The zero-order valence-corrected chi connectivity index (χ0v) is 19.3. The molecular weight excluding hydrogens is 422 g/mol. The molecule has 0 aromatic heterocycles. The first-order chi connectivity index (χ1) is 15.7. The number of ether oxygens (including phenoxy) is 1. The average molecular weight is 456 g/mol. The van der Waals surface area contributed by atoms with Crippen LogP contribution in [0, 0.1) is 0 Å². The standard InChI is InChI=1S/C24H33N5O4/c1-24(2,3)33-23(32)29-20(21(30)27-16-14-25-18-10-6-4-7-11-18)22(31)28-17-15-26-19-12-8-5-9-13-19/h4-13,20,25-26H,14-17H2,1-3H3,(H,27,30)(H,28,31)(H,29,32). The van der Waals surface area contributed by atoms with E-state index in [2.05, 4.69) is 26.6 Å². The van der Waals surface area contributed by atoms with E-state index in [1.54, 1.807) is 20.8 Å². The lowest BCUT2D eigenvalue weighted by atomic mass is 10.2. The summed E-state index contributed by atoms with van der Waals surface area (Å²) in [5.41, 5.74) is 1.07. The van der Waals surface area contributed by atoms with E-state index in [9.17, 15) is 14.4 Å². The highest BCUT2D eigenvalue weighted by Gasteiger charge is 2.30. The predicted octanol–water partition coefficient (Wildman–Crippen LogP) is 2.34. The maximum absolute atomic E-state index is 12.7. The van der Waals surface area contributed by atoms with Gasteiger partial charge in [-0.1, -0.05) is 36.4 Å². The number of amides is 3. The van der Waals surface area contributed by atoms with Crippen LogP contribution in [0.2, 0.25) is 0 Å². The molecular formula is C24H33N5O4. The minimum atomic E-state index is -1.42. The van der Waals surface area contributed by atoms with Gasteiger partial charge >= 0.3 is 6.09 Å². The second-order valence-electron chi connectivity index (χ2n) is 8.25. The largest absolute Gasteiger partial charge is 0.444 e. The quantitative estimate of drug-likeness (QED) is 0.262. The third-order valence-electron chi connectivity index (χ3n) is 4.24. The van der Waals surface area contributed by atoms with Gasteiger partial charge in [-0.3, -0.25) is 9.59 Å². The molecule has 0 saturated heterocycles. The molecule has 0 spiro atoms. The first-order valence-corrected chi connectivity index (χ1v) is 10.9. The number of benzene rings is 2. The van der Waals surface area contributed by atoms with Crippen LogP contribution in [0.5, 0.6) is 0 Å². The molecule has 3 amide bonds. The second kappa shape index (κ2) is 12.9. The van der Waals surface area contributed by atoms with Crippen LogP contribution in [0.15, 0.2) is 60.7 Å². The van der Waals surface area contributed by atoms with E-state index >= 15 is 0 Å². The minimum absolute atomic E-state index is 0.267. The second-order valence-corrected chi connectivity index (χ2v) is 8.25. The molecule has 2 rings (SSSR count). The number of alkyl carbamates (subject to hydrolysis) is 1. The average Bonchev–Trinajstić information content (AvgIpc) is 2.78. The third-order valence-corrected chi connectivity index (χ3v) is 4.24. The SMILES string of the molecule is CC(C)(C)OC(=O)NC(C(=O)NCCNc1ccccc1)C(=O)NCCNc1ccccc1. The molecule has 0 heterocycles. The van der Waals surface area contributed by atoms with Crippen molar-refractivity contribution in [3.8, 4) is 0 Å². The Kier molecular flexibility index (Phi) is 10.0. The van der Waals surface area contributed by atoms with E-state index in [1.807, 2.05) is 60.7 Å². The molecule has 9 nitrogen and oxygen atoms in total. The zero-order valence-electron chi connectivity index (χ0n) is 19.3. The number of carbonyl (C=O) groups is 3. The lowest BCUT2D eigenvalue weighted by Crippen LogP contribution is -2.56. The molecule has 0 unspecified atom stereocenters. The number of hydrogen-bond donors (Lipinski definition) is 5.